The standard InChI is InChI=1S/C18H26N4O5S/c1-14-4-3-7-21(13-14)28(26,27)16-5-6-17(18(12-16)22(24)25)20-10-8-19(9-11-20)15(2)23/h5-6,12,14H,3-4,7-11,13H2,1-2H3/t14-/m0/s1. The van der Waals surface area contributed by atoms with Crippen LogP contribution in [0.2, 0.25) is 0 Å². The van der Waals surface area contributed by atoms with Crippen molar-refractivity contribution in [1.29, 1.82) is 0 Å². The van der Waals surface area contributed by atoms with Crippen LogP contribution >= 0.6 is 0 Å². The fourth-order valence-corrected chi connectivity index (χ4v) is 5.47. The molecule has 2 aliphatic rings. The van der Waals surface area contributed by atoms with E-state index in [1.54, 1.807) is 4.90 Å². The highest BCUT2D eigenvalue weighted by molar-refractivity contribution is 7.89. The number of hydrogen-bond donors (Lipinski definition) is 0. The van der Waals surface area contributed by atoms with Crippen molar-refractivity contribution in [2.45, 2.75) is 31.6 Å². The number of sulfonamides is 1. The number of anilines is 1. The monoisotopic (exact) mass is 410 g/mol. The topological polar surface area (TPSA) is 104 Å². The molecule has 1 aromatic rings. The first-order chi connectivity index (χ1) is 13.2. The van der Waals surface area contributed by atoms with Crippen LogP contribution in [-0.2, 0) is 14.8 Å². The van der Waals surface area contributed by atoms with Crippen molar-refractivity contribution in [1.82, 2.24) is 9.21 Å². The molecule has 0 radical (unpaired) electrons. The Morgan fingerprint density at radius 3 is 2.43 bits per heavy atom. The molecule has 1 amide bonds. The minimum absolute atomic E-state index is 0.0219. The van der Waals surface area contributed by atoms with Gasteiger partial charge in [-0.25, -0.2) is 8.42 Å². The Morgan fingerprint density at radius 2 is 1.86 bits per heavy atom. The molecule has 154 valence electrons. The molecule has 2 heterocycles. The number of rotatable bonds is 4. The van der Waals surface area contributed by atoms with Gasteiger partial charge in [0, 0.05) is 52.3 Å². The second-order valence-corrected chi connectivity index (χ2v) is 9.45. The molecule has 0 N–H and O–H groups in total. The Balaban J connectivity index is 1.87. The number of carbonyl (C=O) groups is 1. The van der Waals surface area contributed by atoms with E-state index < -0.39 is 14.9 Å². The molecule has 0 aromatic heterocycles. The van der Waals surface area contributed by atoms with Gasteiger partial charge in [0.2, 0.25) is 15.9 Å². The smallest absolute Gasteiger partial charge is 0.293 e. The second-order valence-electron chi connectivity index (χ2n) is 7.51. The second kappa shape index (κ2) is 8.04. The summed E-state index contributed by atoms with van der Waals surface area (Å²) in [5.74, 6) is 0.252. The van der Waals surface area contributed by atoms with Crippen molar-refractivity contribution in [2.24, 2.45) is 5.92 Å². The van der Waals surface area contributed by atoms with Crippen molar-refractivity contribution in [3.8, 4) is 0 Å². The summed E-state index contributed by atoms with van der Waals surface area (Å²) in [7, 11) is -3.76. The lowest BCUT2D eigenvalue weighted by Gasteiger charge is -2.35. The van der Waals surface area contributed by atoms with Gasteiger partial charge in [0.05, 0.1) is 9.82 Å². The predicted molar refractivity (Wildman–Crippen MR) is 105 cm³/mol. The van der Waals surface area contributed by atoms with Crippen LogP contribution in [0.3, 0.4) is 0 Å². The van der Waals surface area contributed by atoms with E-state index in [0.717, 1.165) is 12.8 Å². The molecule has 2 aliphatic heterocycles. The van der Waals surface area contributed by atoms with Gasteiger partial charge in [-0.3, -0.25) is 14.9 Å². The van der Waals surface area contributed by atoms with E-state index in [0.29, 0.717) is 45.0 Å². The van der Waals surface area contributed by atoms with Crippen molar-refractivity contribution in [3.63, 3.8) is 0 Å². The lowest BCUT2D eigenvalue weighted by Crippen LogP contribution is -2.48. The van der Waals surface area contributed by atoms with E-state index in [2.05, 4.69) is 0 Å². The number of piperazine rings is 1. The van der Waals surface area contributed by atoms with Crippen LogP contribution in [0.1, 0.15) is 26.7 Å². The van der Waals surface area contributed by atoms with Gasteiger partial charge in [0.15, 0.2) is 0 Å². The largest absolute Gasteiger partial charge is 0.362 e. The van der Waals surface area contributed by atoms with Crippen LogP contribution < -0.4 is 4.90 Å². The number of carbonyl (C=O) groups excluding carboxylic acids is 1. The molecule has 2 fully saturated rings. The van der Waals surface area contributed by atoms with E-state index in [1.165, 1.54) is 29.4 Å². The third kappa shape index (κ3) is 4.12. The molecule has 0 spiro atoms. The van der Waals surface area contributed by atoms with E-state index in [-0.39, 0.29) is 22.4 Å². The molecule has 0 unspecified atom stereocenters. The van der Waals surface area contributed by atoms with E-state index in [1.807, 2.05) is 11.8 Å². The average molecular weight is 410 g/mol. The van der Waals surface area contributed by atoms with Gasteiger partial charge in [-0.1, -0.05) is 6.92 Å². The highest BCUT2D eigenvalue weighted by atomic mass is 32.2. The molecule has 0 aliphatic carbocycles. The summed E-state index contributed by atoms with van der Waals surface area (Å²) in [6.07, 6.45) is 1.78. The van der Waals surface area contributed by atoms with Crippen LogP contribution in [0.4, 0.5) is 11.4 Å². The third-order valence-corrected chi connectivity index (χ3v) is 7.33. The molecule has 1 atom stereocenters. The zero-order chi connectivity index (χ0) is 20.5. The van der Waals surface area contributed by atoms with Gasteiger partial charge in [0.25, 0.3) is 5.69 Å². The van der Waals surface area contributed by atoms with Crippen LogP contribution in [0.15, 0.2) is 23.1 Å². The maximum absolute atomic E-state index is 13.0. The fourth-order valence-electron chi connectivity index (χ4n) is 3.85. The number of nitrogens with zero attached hydrogens (tertiary/aromatic N) is 4. The van der Waals surface area contributed by atoms with Crippen molar-refractivity contribution in [2.75, 3.05) is 44.2 Å². The highest BCUT2D eigenvalue weighted by Crippen LogP contribution is 2.33. The van der Waals surface area contributed by atoms with E-state index in [9.17, 15) is 23.3 Å². The number of benzene rings is 1. The maximum atomic E-state index is 13.0. The highest BCUT2D eigenvalue weighted by Gasteiger charge is 2.32. The van der Waals surface area contributed by atoms with Crippen LogP contribution in [0.25, 0.3) is 0 Å². The molecular weight excluding hydrogens is 384 g/mol. The summed E-state index contributed by atoms with van der Waals surface area (Å²) < 4.78 is 27.3. The Labute approximate surface area is 165 Å². The molecule has 9 nitrogen and oxygen atoms in total. The van der Waals surface area contributed by atoms with Gasteiger partial charge in [0.1, 0.15) is 5.69 Å². The Kier molecular flexibility index (Phi) is 5.90. The van der Waals surface area contributed by atoms with Crippen molar-refractivity contribution in [3.05, 3.63) is 28.3 Å². The molecule has 10 heteroatoms. The molecule has 0 bridgehead atoms. The molecular formula is C18H26N4O5S. The number of hydrogen-bond acceptors (Lipinski definition) is 6. The number of piperidine rings is 1. The normalized spacial score (nSPS) is 21.6. The summed E-state index contributed by atoms with van der Waals surface area (Å²) in [6.45, 7) is 6.29. The molecule has 1 aromatic carbocycles. The van der Waals surface area contributed by atoms with Gasteiger partial charge in [-0.05, 0) is 30.9 Å². The maximum Gasteiger partial charge on any atom is 0.293 e. The Bertz CT molecular complexity index is 865. The Morgan fingerprint density at radius 1 is 1.18 bits per heavy atom. The number of nitro benzene ring substituents is 1. The molecule has 3 rings (SSSR count). The Hall–Kier alpha value is -2.20. The van der Waals surface area contributed by atoms with Crippen molar-refractivity contribution >= 4 is 27.3 Å². The van der Waals surface area contributed by atoms with Gasteiger partial charge < -0.3 is 9.80 Å². The third-order valence-electron chi connectivity index (χ3n) is 5.47. The zero-order valence-corrected chi connectivity index (χ0v) is 17.0. The lowest BCUT2D eigenvalue weighted by atomic mass is 10.0. The molecule has 2 saturated heterocycles. The SMILES string of the molecule is CC(=O)N1CCN(c2ccc(S(=O)(=O)N3CCC[C@H](C)C3)cc2[N+](=O)[O-])CC1. The number of nitro groups is 1. The quantitative estimate of drug-likeness (QED) is 0.553. The molecule has 0 saturated carbocycles. The van der Waals surface area contributed by atoms with E-state index >= 15 is 0 Å². The zero-order valence-electron chi connectivity index (χ0n) is 16.2. The minimum Gasteiger partial charge on any atom is -0.362 e. The summed E-state index contributed by atoms with van der Waals surface area (Å²) in [5.41, 5.74) is 0.168. The summed E-state index contributed by atoms with van der Waals surface area (Å²) >= 11 is 0. The van der Waals surface area contributed by atoms with E-state index in [4.69, 9.17) is 0 Å². The molecule has 28 heavy (non-hydrogen) atoms. The van der Waals surface area contributed by atoms with Crippen LogP contribution in [0, 0.1) is 16.0 Å². The predicted octanol–water partition coefficient (Wildman–Crippen LogP) is 1.68. The summed E-state index contributed by atoms with van der Waals surface area (Å²) in [6, 6.07) is 4.14. The average Bonchev–Trinajstić information content (AvgIpc) is 2.67. The van der Waals surface area contributed by atoms with Crippen molar-refractivity contribution < 1.29 is 18.1 Å². The van der Waals surface area contributed by atoms with Crippen LogP contribution in [-0.4, -0.2) is 67.7 Å². The minimum atomic E-state index is -3.76. The van der Waals surface area contributed by atoms with Gasteiger partial charge >= 0.3 is 0 Å². The first kappa shape index (κ1) is 20.5. The summed E-state index contributed by atoms with van der Waals surface area (Å²) in [4.78, 5) is 26.1. The fraction of sp³-hybridized carbons (Fsp3) is 0.611. The first-order valence-electron chi connectivity index (χ1n) is 9.49. The first-order valence-corrected chi connectivity index (χ1v) is 10.9. The van der Waals surface area contributed by atoms with Crippen LogP contribution in [0.5, 0.6) is 0 Å². The lowest BCUT2D eigenvalue weighted by molar-refractivity contribution is -0.384. The number of amides is 1. The van der Waals surface area contributed by atoms with Gasteiger partial charge in [-0.2, -0.15) is 4.31 Å². The summed E-state index contributed by atoms with van der Waals surface area (Å²) in [5, 5.41) is 11.7. The van der Waals surface area contributed by atoms with Gasteiger partial charge in [-0.15, -0.1) is 0 Å².